The molecule has 0 saturated carbocycles. The van der Waals surface area contributed by atoms with Gasteiger partial charge in [-0.1, -0.05) is 42.5 Å². The molecular weight excluding hydrogens is 453 g/mol. The van der Waals surface area contributed by atoms with Gasteiger partial charge in [0.05, 0.1) is 30.7 Å². The maximum absolute atomic E-state index is 14.9. The summed E-state index contributed by atoms with van der Waals surface area (Å²) in [6, 6.07) is 18.1. The number of methoxy groups -OCH3 is 1. The van der Waals surface area contributed by atoms with Crippen LogP contribution < -0.4 is 9.64 Å². The molecule has 2 amide bonds. The van der Waals surface area contributed by atoms with Crippen LogP contribution in [0.3, 0.4) is 0 Å². The van der Waals surface area contributed by atoms with Crippen molar-refractivity contribution in [3.05, 3.63) is 95.3 Å². The van der Waals surface area contributed by atoms with Gasteiger partial charge in [-0.05, 0) is 30.3 Å². The van der Waals surface area contributed by atoms with E-state index < -0.39 is 52.7 Å². The Bertz CT molecular complexity index is 1400. The summed E-state index contributed by atoms with van der Waals surface area (Å²) < 4.78 is 26.1. The van der Waals surface area contributed by atoms with E-state index in [1.54, 1.807) is 30.3 Å². The third-order valence-corrected chi connectivity index (χ3v) is 7.06. The van der Waals surface area contributed by atoms with Gasteiger partial charge < -0.3 is 9.47 Å². The normalized spacial score (nSPS) is 24.3. The lowest BCUT2D eigenvalue weighted by Gasteiger charge is -2.27. The maximum Gasteiger partial charge on any atom is 0.241 e. The van der Waals surface area contributed by atoms with Crippen molar-refractivity contribution >= 4 is 29.1 Å². The predicted molar refractivity (Wildman–Crippen MR) is 121 cm³/mol. The third-order valence-electron chi connectivity index (χ3n) is 7.06. The second-order valence-electron chi connectivity index (χ2n) is 8.71. The highest BCUT2D eigenvalue weighted by atomic mass is 19.1. The average molecular weight is 471 g/mol. The minimum atomic E-state index is -2.24. The lowest BCUT2D eigenvalue weighted by atomic mass is 9.77. The Hall–Kier alpha value is -4.17. The Morgan fingerprint density at radius 2 is 1.43 bits per heavy atom. The molecule has 0 bridgehead atoms. The molecule has 35 heavy (non-hydrogen) atoms. The standard InChI is InChI=1S/C27H18FNO6/c1-34-15-12-10-14(11-13-15)29-25(32)20-21(26(29)33)27(35-22(20)18-8-4-5-9-19(18)28)23(30)16-6-2-3-7-17(16)24(27)31/h2-13,20-22H,1H3. The molecule has 0 radical (unpaired) electrons. The van der Waals surface area contributed by atoms with Gasteiger partial charge in [0.1, 0.15) is 11.6 Å². The molecular formula is C27H18FNO6. The molecule has 8 heteroatoms. The van der Waals surface area contributed by atoms with Gasteiger partial charge in [-0.15, -0.1) is 0 Å². The number of amides is 2. The van der Waals surface area contributed by atoms with Crippen molar-refractivity contribution in [1.29, 1.82) is 0 Å². The quantitative estimate of drug-likeness (QED) is 0.429. The van der Waals surface area contributed by atoms with E-state index in [1.165, 1.54) is 49.6 Å². The van der Waals surface area contributed by atoms with Gasteiger partial charge >= 0.3 is 0 Å². The number of hydrogen-bond acceptors (Lipinski definition) is 6. The number of hydrogen-bond donors (Lipinski definition) is 0. The van der Waals surface area contributed by atoms with E-state index in [9.17, 15) is 23.6 Å². The Kier molecular flexibility index (Phi) is 4.53. The molecule has 2 aliphatic heterocycles. The Balaban J connectivity index is 1.54. The molecule has 174 valence electrons. The first-order valence-electron chi connectivity index (χ1n) is 11.0. The second kappa shape index (κ2) is 7.41. The highest BCUT2D eigenvalue weighted by molar-refractivity contribution is 6.37. The van der Waals surface area contributed by atoms with Crippen LogP contribution in [0.25, 0.3) is 0 Å². The molecule has 2 heterocycles. The van der Waals surface area contributed by atoms with Crippen molar-refractivity contribution in [3.63, 3.8) is 0 Å². The van der Waals surface area contributed by atoms with Crippen molar-refractivity contribution in [2.75, 3.05) is 12.0 Å². The van der Waals surface area contributed by atoms with Gasteiger partial charge in [-0.3, -0.25) is 19.2 Å². The maximum atomic E-state index is 14.9. The fraction of sp³-hybridized carbons (Fsp3) is 0.185. The van der Waals surface area contributed by atoms with E-state index in [1.807, 2.05) is 0 Å². The molecule has 0 N–H and O–H groups in total. The van der Waals surface area contributed by atoms with Crippen LogP contribution in [0.2, 0.25) is 0 Å². The number of anilines is 1. The fourth-order valence-corrected chi connectivity index (χ4v) is 5.49. The summed E-state index contributed by atoms with van der Waals surface area (Å²) in [7, 11) is 1.49. The largest absolute Gasteiger partial charge is 0.497 e. The summed E-state index contributed by atoms with van der Waals surface area (Å²) >= 11 is 0. The zero-order valence-electron chi connectivity index (χ0n) is 18.4. The van der Waals surface area contributed by atoms with Gasteiger partial charge in [-0.2, -0.15) is 0 Å². The number of halogens is 1. The van der Waals surface area contributed by atoms with Gasteiger partial charge in [0.25, 0.3) is 0 Å². The van der Waals surface area contributed by atoms with E-state index >= 15 is 0 Å². The number of ketones is 2. The van der Waals surface area contributed by atoms with Crippen molar-refractivity contribution < 1.29 is 33.0 Å². The molecule has 3 atom stereocenters. The van der Waals surface area contributed by atoms with Gasteiger partial charge in [0, 0.05) is 16.7 Å². The molecule has 1 aliphatic carbocycles. The molecule has 1 spiro atoms. The number of ether oxygens (including phenoxy) is 2. The van der Waals surface area contributed by atoms with Crippen molar-refractivity contribution in [1.82, 2.24) is 0 Å². The first-order chi connectivity index (χ1) is 16.9. The second-order valence-corrected chi connectivity index (χ2v) is 8.71. The summed E-state index contributed by atoms with van der Waals surface area (Å²) in [5.41, 5.74) is -1.74. The molecule has 2 fully saturated rings. The first kappa shape index (κ1) is 21.4. The van der Waals surface area contributed by atoms with Gasteiger partial charge in [-0.25, -0.2) is 9.29 Å². The average Bonchev–Trinajstić information content (AvgIpc) is 3.44. The van der Waals surface area contributed by atoms with Crippen molar-refractivity contribution in [2.45, 2.75) is 11.7 Å². The number of carbonyl (C=O) groups is 4. The molecule has 3 aromatic carbocycles. The van der Waals surface area contributed by atoms with E-state index in [2.05, 4.69) is 0 Å². The summed E-state index contributed by atoms with van der Waals surface area (Å²) in [6.45, 7) is 0. The van der Waals surface area contributed by atoms with Crippen LogP contribution in [0.5, 0.6) is 5.75 Å². The first-order valence-corrected chi connectivity index (χ1v) is 11.0. The highest BCUT2D eigenvalue weighted by Gasteiger charge is 2.75. The molecule has 6 rings (SSSR count). The van der Waals surface area contributed by atoms with Gasteiger partial charge in [0.2, 0.25) is 29.0 Å². The smallest absolute Gasteiger partial charge is 0.241 e. The summed E-state index contributed by atoms with van der Waals surface area (Å²) in [4.78, 5) is 55.8. The molecule has 3 unspecified atom stereocenters. The highest BCUT2D eigenvalue weighted by Crippen LogP contribution is 2.58. The monoisotopic (exact) mass is 471 g/mol. The number of Topliss-reactive ketones (excluding diaryl/α,β-unsaturated/α-hetero) is 2. The van der Waals surface area contributed by atoms with Gasteiger partial charge in [0.15, 0.2) is 0 Å². The Morgan fingerprint density at radius 1 is 0.829 bits per heavy atom. The third kappa shape index (κ3) is 2.68. The van der Waals surface area contributed by atoms with E-state index in [0.29, 0.717) is 5.75 Å². The number of fused-ring (bicyclic) bond motifs is 3. The number of imide groups is 1. The van der Waals surface area contributed by atoms with Crippen LogP contribution in [0.15, 0.2) is 72.8 Å². The van der Waals surface area contributed by atoms with E-state index in [4.69, 9.17) is 9.47 Å². The van der Waals surface area contributed by atoms with Crippen LogP contribution in [0.1, 0.15) is 32.4 Å². The van der Waals surface area contributed by atoms with E-state index in [-0.39, 0.29) is 22.4 Å². The zero-order valence-corrected chi connectivity index (χ0v) is 18.4. The molecule has 3 aliphatic rings. The minimum absolute atomic E-state index is 0.00802. The predicted octanol–water partition coefficient (Wildman–Crippen LogP) is 3.53. The van der Waals surface area contributed by atoms with Crippen LogP contribution >= 0.6 is 0 Å². The van der Waals surface area contributed by atoms with Crippen molar-refractivity contribution in [2.24, 2.45) is 11.8 Å². The van der Waals surface area contributed by atoms with Crippen LogP contribution in [-0.4, -0.2) is 36.1 Å². The molecule has 0 aromatic heterocycles. The number of nitrogens with zero attached hydrogens (tertiary/aromatic N) is 1. The van der Waals surface area contributed by atoms with E-state index in [0.717, 1.165) is 4.90 Å². The van der Waals surface area contributed by atoms with Crippen LogP contribution in [-0.2, 0) is 14.3 Å². The lowest BCUT2D eigenvalue weighted by Crippen LogP contribution is -2.51. The van der Waals surface area contributed by atoms with Crippen LogP contribution in [0.4, 0.5) is 10.1 Å². The minimum Gasteiger partial charge on any atom is -0.497 e. The number of rotatable bonds is 3. The zero-order chi connectivity index (χ0) is 24.5. The Morgan fingerprint density at radius 3 is 2.03 bits per heavy atom. The topological polar surface area (TPSA) is 90.0 Å². The number of carbonyl (C=O) groups excluding carboxylic acids is 4. The SMILES string of the molecule is COc1ccc(N2C(=O)C3C(c4ccccc4F)OC4(C(=O)c5ccccc5C4=O)C3C2=O)cc1. The summed E-state index contributed by atoms with van der Waals surface area (Å²) in [5.74, 6) is -5.61. The fourth-order valence-electron chi connectivity index (χ4n) is 5.49. The molecule has 3 aromatic rings. The Labute approximate surface area is 199 Å². The summed E-state index contributed by atoms with van der Waals surface area (Å²) in [5, 5.41) is 0. The summed E-state index contributed by atoms with van der Waals surface area (Å²) in [6.07, 6.45) is -1.30. The molecule has 2 saturated heterocycles. The van der Waals surface area contributed by atoms with Crippen molar-refractivity contribution in [3.8, 4) is 5.75 Å². The molecule has 7 nitrogen and oxygen atoms in total. The van der Waals surface area contributed by atoms with Crippen LogP contribution in [0, 0.1) is 17.7 Å². The number of benzene rings is 3. The lowest BCUT2D eigenvalue weighted by molar-refractivity contribution is -0.127.